The molecular weight excluding hydrogens is 271 g/mol. The van der Waals surface area contributed by atoms with E-state index in [2.05, 4.69) is 15.6 Å². The molecule has 0 radical (unpaired) electrons. The first-order valence-corrected chi connectivity index (χ1v) is 7.21. The molecule has 0 saturated heterocycles. The lowest BCUT2D eigenvalue weighted by molar-refractivity contribution is 0.0922. The highest BCUT2D eigenvalue weighted by molar-refractivity contribution is 5.92. The fourth-order valence-electron chi connectivity index (χ4n) is 2.59. The molecule has 5 nitrogen and oxygen atoms in total. The molecule has 1 fully saturated rings. The third-order valence-corrected chi connectivity index (χ3v) is 3.76. The molecule has 0 unspecified atom stereocenters. The molecule has 1 aliphatic carbocycles. The maximum atomic E-state index is 12.9. The van der Waals surface area contributed by atoms with Gasteiger partial charge in [-0.3, -0.25) is 4.79 Å². The van der Waals surface area contributed by atoms with E-state index < -0.39 is 0 Å². The summed E-state index contributed by atoms with van der Waals surface area (Å²) in [5.41, 5.74) is 0.950. The molecule has 2 aromatic rings. The Balaban J connectivity index is 1.69. The fourth-order valence-corrected chi connectivity index (χ4v) is 2.59. The van der Waals surface area contributed by atoms with Crippen molar-refractivity contribution in [3.05, 3.63) is 42.0 Å². The zero-order chi connectivity index (χ0) is 14.7. The number of benzene rings is 1. The first kappa shape index (κ1) is 13.7. The summed E-state index contributed by atoms with van der Waals surface area (Å²) in [6, 6.07) is 6.11. The summed E-state index contributed by atoms with van der Waals surface area (Å²) in [5, 5.41) is 10.8. The normalized spacial score (nSPS) is 15.9. The van der Waals surface area contributed by atoms with E-state index in [1.54, 1.807) is 18.3 Å². The second kappa shape index (κ2) is 6.03. The van der Waals surface area contributed by atoms with Crippen LogP contribution in [-0.2, 0) is 0 Å². The van der Waals surface area contributed by atoms with Gasteiger partial charge in [0, 0.05) is 6.04 Å². The highest BCUT2D eigenvalue weighted by Gasteiger charge is 2.18. The van der Waals surface area contributed by atoms with Crippen LogP contribution in [0.4, 0.5) is 4.39 Å². The second-order valence-electron chi connectivity index (χ2n) is 5.33. The van der Waals surface area contributed by atoms with Crippen molar-refractivity contribution in [2.24, 2.45) is 0 Å². The van der Waals surface area contributed by atoms with Crippen LogP contribution in [0.2, 0.25) is 0 Å². The average molecular weight is 288 g/mol. The van der Waals surface area contributed by atoms with Crippen LogP contribution in [0.5, 0.6) is 0 Å². The lowest BCUT2D eigenvalue weighted by Crippen LogP contribution is -2.36. The highest BCUT2D eigenvalue weighted by Crippen LogP contribution is 2.17. The number of hydrogen-bond acceptors (Lipinski definition) is 3. The van der Waals surface area contributed by atoms with Crippen LogP contribution in [0.25, 0.3) is 5.69 Å². The molecule has 21 heavy (non-hydrogen) atoms. The van der Waals surface area contributed by atoms with Crippen LogP contribution >= 0.6 is 0 Å². The Kier molecular flexibility index (Phi) is 3.94. The molecule has 1 saturated carbocycles. The monoisotopic (exact) mass is 288 g/mol. The minimum atomic E-state index is -0.311. The summed E-state index contributed by atoms with van der Waals surface area (Å²) in [6.07, 6.45) is 7.18. The van der Waals surface area contributed by atoms with E-state index in [1.165, 1.54) is 23.2 Å². The van der Waals surface area contributed by atoms with E-state index >= 15 is 0 Å². The van der Waals surface area contributed by atoms with Crippen LogP contribution in [0.3, 0.4) is 0 Å². The second-order valence-corrected chi connectivity index (χ2v) is 5.33. The van der Waals surface area contributed by atoms with Gasteiger partial charge in [0.1, 0.15) is 5.82 Å². The standard InChI is InChI=1S/C15H17FN4O/c16-11-6-8-13(9-7-11)20-10-14(18-19-20)15(21)17-12-4-2-1-3-5-12/h6-10,12H,1-5H2,(H,17,21). The molecule has 1 aromatic carbocycles. The molecule has 1 aliphatic rings. The molecule has 1 amide bonds. The Labute approximate surface area is 122 Å². The third kappa shape index (κ3) is 3.26. The smallest absolute Gasteiger partial charge is 0.273 e. The predicted molar refractivity (Wildman–Crippen MR) is 75.7 cm³/mol. The van der Waals surface area contributed by atoms with Gasteiger partial charge < -0.3 is 5.32 Å². The molecule has 0 spiro atoms. The molecule has 6 heteroatoms. The Morgan fingerprint density at radius 3 is 2.62 bits per heavy atom. The molecule has 1 N–H and O–H groups in total. The lowest BCUT2D eigenvalue weighted by Gasteiger charge is -2.22. The number of carbonyl (C=O) groups is 1. The molecule has 3 rings (SSSR count). The van der Waals surface area contributed by atoms with Crippen LogP contribution in [0, 0.1) is 5.82 Å². The summed E-state index contributed by atoms with van der Waals surface area (Å²) in [5.74, 6) is -0.510. The predicted octanol–water partition coefficient (Wildman–Crippen LogP) is 2.47. The first-order chi connectivity index (χ1) is 10.2. The van der Waals surface area contributed by atoms with Crippen molar-refractivity contribution in [3.63, 3.8) is 0 Å². The van der Waals surface area contributed by atoms with E-state index in [0.29, 0.717) is 5.69 Å². The summed E-state index contributed by atoms with van der Waals surface area (Å²) in [7, 11) is 0. The van der Waals surface area contributed by atoms with Crippen molar-refractivity contribution in [1.82, 2.24) is 20.3 Å². The Bertz CT molecular complexity index is 617. The van der Waals surface area contributed by atoms with Crippen molar-refractivity contribution in [2.75, 3.05) is 0 Å². The zero-order valence-electron chi connectivity index (χ0n) is 11.6. The number of nitrogens with one attached hydrogen (secondary N) is 1. The molecule has 0 bridgehead atoms. The van der Waals surface area contributed by atoms with Crippen molar-refractivity contribution in [2.45, 2.75) is 38.1 Å². The minimum absolute atomic E-state index is 0.199. The number of carbonyl (C=O) groups excluding carboxylic acids is 1. The van der Waals surface area contributed by atoms with Gasteiger partial charge in [0.2, 0.25) is 0 Å². The molecule has 1 aromatic heterocycles. The van der Waals surface area contributed by atoms with E-state index in [0.717, 1.165) is 25.7 Å². The van der Waals surface area contributed by atoms with Crippen LogP contribution in [-0.4, -0.2) is 26.9 Å². The van der Waals surface area contributed by atoms with Gasteiger partial charge in [-0.05, 0) is 37.1 Å². The summed E-state index contributed by atoms with van der Waals surface area (Å²) >= 11 is 0. The lowest BCUT2D eigenvalue weighted by atomic mass is 9.95. The molecule has 110 valence electrons. The number of amides is 1. The first-order valence-electron chi connectivity index (χ1n) is 7.21. The molecule has 0 atom stereocenters. The average Bonchev–Trinajstić information content (AvgIpc) is 2.99. The number of nitrogens with zero attached hydrogens (tertiary/aromatic N) is 3. The van der Waals surface area contributed by atoms with Crippen molar-refractivity contribution in [3.8, 4) is 5.69 Å². The number of rotatable bonds is 3. The summed E-state index contributed by atoms with van der Waals surface area (Å²) in [6.45, 7) is 0. The SMILES string of the molecule is O=C(NC1CCCCC1)c1cn(-c2ccc(F)cc2)nn1. The van der Waals surface area contributed by atoms with Crippen LogP contribution in [0.1, 0.15) is 42.6 Å². The quantitative estimate of drug-likeness (QED) is 0.944. The minimum Gasteiger partial charge on any atom is -0.348 e. The third-order valence-electron chi connectivity index (χ3n) is 3.76. The maximum absolute atomic E-state index is 12.9. The molecule has 1 heterocycles. The Hall–Kier alpha value is -2.24. The van der Waals surface area contributed by atoms with Gasteiger partial charge in [0.05, 0.1) is 11.9 Å². The molecular formula is C15H17FN4O. The summed E-state index contributed by atoms with van der Waals surface area (Å²) < 4.78 is 14.4. The topological polar surface area (TPSA) is 59.8 Å². The van der Waals surface area contributed by atoms with E-state index in [9.17, 15) is 9.18 Å². The van der Waals surface area contributed by atoms with Crippen molar-refractivity contribution in [1.29, 1.82) is 0 Å². The number of halogens is 1. The van der Waals surface area contributed by atoms with Gasteiger partial charge in [-0.2, -0.15) is 0 Å². The zero-order valence-corrected chi connectivity index (χ0v) is 11.6. The van der Waals surface area contributed by atoms with Crippen molar-refractivity contribution < 1.29 is 9.18 Å². The van der Waals surface area contributed by atoms with Crippen LogP contribution in [0.15, 0.2) is 30.5 Å². The van der Waals surface area contributed by atoms with E-state index in [1.807, 2.05) is 0 Å². The Morgan fingerprint density at radius 1 is 1.19 bits per heavy atom. The van der Waals surface area contributed by atoms with Gasteiger partial charge in [-0.1, -0.05) is 24.5 Å². The Morgan fingerprint density at radius 2 is 1.90 bits per heavy atom. The van der Waals surface area contributed by atoms with Gasteiger partial charge in [-0.15, -0.1) is 5.10 Å². The fraction of sp³-hybridized carbons (Fsp3) is 0.400. The van der Waals surface area contributed by atoms with Crippen molar-refractivity contribution >= 4 is 5.91 Å². The molecule has 0 aliphatic heterocycles. The largest absolute Gasteiger partial charge is 0.348 e. The highest BCUT2D eigenvalue weighted by atomic mass is 19.1. The van der Waals surface area contributed by atoms with E-state index in [4.69, 9.17) is 0 Å². The van der Waals surface area contributed by atoms with E-state index in [-0.39, 0.29) is 23.5 Å². The van der Waals surface area contributed by atoms with Gasteiger partial charge in [0.15, 0.2) is 5.69 Å². The summed E-state index contributed by atoms with van der Waals surface area (Å²) in [4.78, 5) is 12.1. The van der Waals surface area contributed by atoms with Gasteiger partial charge >= 0.3 is 0 Å². The number of hydrogen-bond donors (Lipinski definition) is 1. The maximum Gasteiger partial charge on any atom is 0.273 e. The van der Waals surface area contributed by atoms with Gasteiger partial charge in [0.25, 0.3) is 5.91 Å². The number of aromatic nitrogens is 3. The van der Waals surface area contributed by atoms with Crippen LogP contribution < -0.4 is 5.32 Å². The van der Waals surface area contributed by atoms with Gasteiger partial charge in [-0.25, -0.2) is 9.07 Å².